The van der Waals surface area contributed by atoms with Crippen LogP contribution in [-0.4, -0.2) is 61.3 Å². The number of aromatic nitrogens is 5. The summed E-state index contributed by atoms with van der Waals surface area (Å²) in [4.78, 5) is 31.8. The molecule has 1 saturated heterocycles. The summed E-state index contributed by atoms with van der Waals surface area (Å²) in [6.45, 7) is -2.47. The second-order valence-corrected chi connectivity index (χ2v) is 8.64. The molecule has 4 aromatic rings. The van der Waals surface area contributed by atoms with E-state index in [2.05, 4.69) is 25.2 Å². The number of fused-ring (bicyclic) bond motifs is 1. The largest absolute Gasteiger partial charge is 0.434 e. The van der Waals surface area contributed by atoms with Gasteiger partial charge >= 0.3 is 6.61 Å². The summed E-state index contributed by atoms with van der Waals surface area (Å²) in [6, 6.07) is 5.16. The van der Waals surface area contributed by atoms with E-state index in [0.717, 1.165) is 6.42 Å². The van der Waals surface area contributed by atoms with Crippen LogP contribution >= 0.6 is 11.6 Å². The smallest absolute Gasteiger partial charge is 0.387 e. The molecule has 0 spiro atoms. The summed E-state index contributed by atoms with van der Waals surface area (Å²) >= 11 is 6.16. The van der Waals surface area contributed by atoms with Gasteiger partial charge in [-0.05, 0) is 37.1 Å². The molecule has 1 aromatic carbocycles. The number of hydrogen-bond donors (Lipinski definition) is 1. The van der Waals surface area contributed by atoms with Crippen LogP contribution < -0.4 is 10.1 Å². The zero-order valence-electron chi connectivity index (χ0n) is 18.9. The second kappa shape index (κ2) is 9.53. The van der Waals surface area contributed by atoms with Crippen LogP contribution in [0.3, 0.4) is 0 Å². The molecule has 5 rings (SSSR count). The Morgan fingerprint density at radius 2 is 2.17 bits per heavy atom. The number of alkyl halides is 2. The molecule has 1 atom stereocenters. The van der Waals surface area contributed by atoms with Crippen LogP contribution in [-0.2, 0) is 4.79 Å². The molecule has 0 unspecified atom stereocenters. The maximum atomic E-state index is 13.2. The molecule has 186 valence electrons. The quantitative estimate of drug-likeness (QED) is 0.417. The van der Waals surface area contributed by atoms with Crippen molar-refractivity contribution in [3.8, 4) is 17.0 Å². The van der Waals surface area contributed by atoms with Crippen molar-refractivity contribution in [1.82, 2.24) is 29.3 Å². The summed E-state index contributed by atoms with van der Waals surface area (Å²) in [5, 5.41) is 11.7. The number of likely N-dealkylation sites (tertiary alicyclic amines) is 1. The molecule has 0 saturated carbocycles. The lowest BCUT2D eigenvalue weighted by Gasteiger charge is -2.29. The van der Waals surface area contributed by atoms with E-state index in [1.165, 1.54) is 46.0 Å². The Hall–Kier alpha value is -4.06. The lowest BCUT2D eigenvalue weighted by atomic mass is 10.1. The minimum atomic E-state index is -3.09. The fourth-order valence-electron chi connectivity index (χ4n) is 4.16. The molecule has 13 heteroatoms. The number of nitrogens with zero attached hydrogens (tertiary/aromatic N) is 6. The number of likely N-dealkylation sites (N-methyl/N-ethyl adjacent to an activating group) is 1. The third-order valence-electron chi connectivity index (χ3n) is 5.87. The first-order chi connectivity index (χ1) is 17.3. The van der Waals surface area contributed by atoms with Crippen molar-refractivity contribution in [3.05, 3.63) is 59.6 Å². The maximum Gasteiger partial charge on any atom is 0.387 e. The van der Waals surface area contributed by atoms with Gasteiger partial charge in [0.2, 0.25) is 5.91 Å². The first-order valence-corrected chi connectivity index (χ1v) is 11.4. The predicted molar refractivity (Wildman–Crippen MR) is 126 cm³/mol. The van der Waals surface area contributed by atoms with Gasteiger partial charge in [-0.2, -0.15) is 19.0 Å². The number of halogens is 3. The minimum Gasteiger partial charge on any atom is -0.434 e. The highest BCUT2D eigenvalue weighted by Crippen LogP contribution is 2.38. The number of anilines is 1. The molecule has 1 N–H and O–H groups in total. The SMILES string of the molecule is CN1CCC[C@@H](n2cc(NC(=O)c3cnn4cccnc34)c(-c3cc(Cl)ccc3OC(F)F)n2)C1=O. The lowest BCUT2D eigenvalue weighted by molar-refractivity contribution is -0.136. The fourth-order valence-corrected chi connectivity index (χ4v) is 4.33. The summed E-state index contributed by atoms with van der Waals surface area (Å²) in [7, 11) is 1.70. The Balaban J connectivity index is 1.60. The summed E-state index contributed by atoms with van der Waals surface area (Å²) in [5.74, 6) is -0.870. The van der Waals surface area contributed by atoms with Gasteiger partial charge in [0, 0.05) is 36.6 Å². The van der Waals surface area contributed by atoms with E-state index in [9.17, 15) is 18.4 Å². The third kappa shape index (κ3) is 4.47. The molecule has 0 aliphatic carbocycles. The van der Waals surface area contributed by atoms with Gasteiger partial charge in [-0.1, -0.05) is 11.6 Å². The lowest BCUT2D eigenvalue weighted by Crippen LogP contribution is -2.39. The Morgan fingerprint density at radius 1 is 1.33 bits per heavy atom. The van der Waals surface area contributed by atoms with Gasteiger partial charge in [-0.15, -0.1) is 0 Å². The highest BCUT2D eigenvalue weighted by Gasteiger charge is 2.31. The standard InChI is InChI=1S/C23H20ClF2N7O3/c1-31-8-2-4-17(22(31)35)33-12-16(29-21(34)15-11-28-32-9-3-7-27-20(15)32)19(30-33)14-10-13(24)5-6-18(14)36-23(25)26/h3,5-7,9-12,17,23H,2,4,8H2,1H3,(H,29,34)/t17-/m1/s1. The molecule has 3 aromatic heterocycles. The zero-order chi connectivity index (χ0) is 25.4. The number of carbonyl (C=O) groups excluding carboxylic acids is 2. The maximum absolute atomic E-state index is 13.2. The van der Waals surface area contributed by atoms with Gasteiger partial charge in [-0.25, -0.2) is 9.50 Å². The monoisotopic (exact) mass is 515 g/mol. The minimum absolute atomic E-state index is 0.118. The van der Waals surface area contributed by atoms with Crippen LogP contribution in [0.2, 0.25) is 5.02 Å². The van der Waals surface area contributed by atoms with Crippen molar-refractivity contribution < 1.29 is 23.1 Å². The molecule has 0 radical (unpaired) electrons. The highest BCUT2D eigenvalue weighted by atomic mass is 35.5. The molecular weight excluding hydrogens is 496 g/mol. The number of benzene rings is 1. The third-order valence-corrected chi connectivity index (χ3v) is 6.10. The van der Waals surface area contributed by atoms with E-state index in [1.54, 1.807) is 24.2 Å². The van der Waals surface area contributed by atoms with Crippen molar-refractivity contribution in [2.75, 3.05) is 18.9 Å². The van der Waals surface area contributed by atoms with Crippen molar-refractivity contribution >= 4 is 34.7 Å². The van der Waals surface area contributed by atoms with E-state index in [-0.39, 0.29) is 39.2 Å². The molecule has 1 aliphatic rings. The Bertz CT molecular complexity index is 1450. The Morgan fingerprint density at radius 3 is 2.97 bits per heavy atom. The van der Waals surface area contributed by atoms with Crippen LogP contribution in [0.1, 0.15) is 29.2 Å². The Kier molecular flexibility index (Phi) is 6.27. The van der Waals surface area contributed by atoms with Gasteiger partial charge in [-0.3, -0.25) is 14.3 Å². The van der Waals surface area contributed by atoms with Crippen LogP contribution in [0.25, 0.3) is 16.9 Å². The number of ether oxygens (including phenoxy) is 1. The van der Waals surface area contributed by atoms with Crippen molar-refractivity contribution in [2.24, 2.45) is 0 Å². The molecule has 0 bridgehead atoms. The fraction of sp³-hybridized carbons (Fsp3) is 0.261. The average Bonchev–Trinajstić information content (AvgIpc) is 3.46. The number of hydrogen-bond acceptors (Lipinski definition) is 6. The van der Waals surface area contributed by atoms with E-state index in [4.69, 9.17) is 11.6 Å². The van der Waals surface area contributed by atoms with E-state index in [1.807, 2.05) is 0 Å². The van der Waals surface area contributed by atoms with Crippen LogP contribution in [0.5, 0.6) is 5.75 Å². The predicted octanol–water partition coefficient (Wildman–Crippen LogP) is 3.89. The van der Waals surface area contributed by atoms with E-state index < -0.39 is 18.6 Å². The first kappa shape index (κ1) is 23.7. The van der Waals surface area contributed by atoms with Gasteiger partial charge < -0.3 is 15.0 Å². The second-order valence-electron chi connectivity index (χ2n) is 8.21. The van der Waals surface area contributed by atoms with Gasteiger partial charge in [0.15, 0.2) is 5.65 Å². The first-order valence-electron chi connectivity index (χ1n) is 11.0. The van der Waals surface area contributed by atoms with Crippen molar-refractivity contribution in [3.63, 3.8) is 0 Å². The zero-order valence-corrected chi connectivity index (χ0v) is 19.7. The van der Waals surface area contributed by atoms with Gasteiger partial charge in [0.1, 0.15) is 23.0 Å². The molecule has 10 nitrogen and oxygen atoms in total. The van der Waals surface area contributed by atoms with Crippen LogP contribution in [0.4, 0.5) is 14.5 Å². The Labute approximate surface area is 208 Å². The topological polar surface area (TPSA) is 107 Å². The summed E-state index contributed by atoms with van der Waals surface area (Å²) in [6.07, 6.45) is 7.34. The van der Waals surface area contributed by atoms with Crippen LogP contribution in [0.15, 0.2) is 49.1 Å². The van der Waals surface area contributed by atoms with E-state index >= 15 is 0 Å². The van der Waals surface area contributed by atoms with Crippen molar-refractivity contribution in [1.29, 1.82) is 0 Å². The normalized spacial score (nSPS) is 16.1. The molecule has 1 aliphatic heterocycles. The molecule has 4 heterocycles. The number of amides is 2. The van der Waals surface area contributed by atoms with Gasteiger partial charge in [0.25, 0.3) is 5.91 Å². The molecule has 2 amide bonds. The van der Waals surface area contributed by atoms with Crippen LogP contribution in [0, 0.1) is 0 Å². The van der Waals surface area contributed by atoms with E-state index in [0.29, 0.717) is 18.6 Å². The molecular formula is C23H20ClF2N7O3. The molecule has 36 heavy (non-hydrogen) atoms. The van der Waals surface area contributed by atoms with Gasteiger partial charge in [0.05, 0.1) is 18.1 Å². The average molecular weight is 516 g/mol. The van der Waals surface area contributed by atoms with Crippen molar-refractivity contribution in [2.45, 2.75) is 25.5 Å². The number of carbonyl (C=O) groups is 2. The summed E-state index contributed by atoms with van der Waals surface area (Å²) in [5.41, 5.74) is 0.950. The number of piperidine rings is 1. The highest BCUT2D eigenvalue weighted by molar-refractivity contribution is 6.31. The molecule has 1 fully saturated rings. The summed E-state index contributed by atoms with van der Waals surface area (Å²) < 4.78 is 33.8. The number of nitrogens with one attached hydrogen (secondary N) is 1. The number of rotatable bonds is 6.